The van der Waals surface area contributed by atoms with E-state index in [4.69, 9.17) is 0 Å². The van der Waals surface area contributed by atoms with Gasteiger partial charge in [-0.05, 0) is 50.4 Å². The third-order valence-electron chi connectivity index (χ3n) is 3.80. The minimum absolute atomic E-state index is 0.572. The molecular weight excluding hydrogens is 214 g/mol. The summed E-state index contributed by atoms with van der Waals surface area (Å²) in [5.74, 6) is -0.651. The predicted molar refractivity (Wildman–Crippen MR) is 67.1 cm³/mol. The molecule has 0 aromatic heterocycles. The largest absolute Gasteiger partial charge is 0.481 e. The number of benzene rings is 1. The zero-order chi connectivity index (χ0) is 12.3. The maximum atomic E-state index is 11.6. The van der Waals surface area contributed by atoms with Gasteiger partial charge in [0, 0.05) is 0 Å². The highest BCUT2D eigenvalue weighted by atomic mass is 16.4. The molecule has 17 heavy (non-hydrogen) atoms. The smallest absolute Gasteiger partial charge is 0.310 e. The fourth-order valence-electron chi connectivity index (χ4n) is 2.54. The summed E-state index contributed by atoms with van der Waals surface area (Å²) in [4.78, 5) is 11.6. The third kappa shape index (κ3) is 2.50. The standard InChI is InChI=1S/C14H19NO2/c1-11-4-2-3-5-12(11)10-14(13(16)17)6-8-15-9-7-14/h2-5,15H,6-10H2,1H3,(H,16,17). The minimum atomic E-state index is -0.651. The number of nitrogens with one attached hydrogen (secondary N) is 1. The average molecular weight is 233 g/mol. The van der Waals surface area contributed by atoms with Crippen molar-refractivity contribution < 1.29 is 9.90 Å². The molecule has 0 bridgehead atoms. The molecule has 1 aliphatic rings. The average Bonchev–Trinajstić information content (AvgIpc) is 2.33. The number of hydrogen-bond acceptors (Lipinski definition) is 2. The van der Waals surface area contributed by atoms with Crippen LogP contribution in [0.4, 0.5) is 0 Å². The summed E-state index contributed by atoms with van der Waals surface area (Å²) in [6, 6.07) is 8.07. The molecule has 1 aliphatic heterocycles. The van der Waals surface area contributed by atoms with Gasteiger partial charge in [-0.3, -0.25) is 4.79 Å². The molecule has 1 aromatic carbocycles. The number of carboxylic acid groups (broad SMARTS) is 1. The van der Waals surface area contributed by atoms with E-state index < -0.39 is 11.4 Å². The molecule has 0 saturated carbocycles. The summed E-state index contributed by atoms with van der Waals surface area (Å²) in [7, 11) is 0. The van der Waals surface area contributed by atoms with Gasteiger partial charge in [0.25, 0.3) is 0 Å². The van der Waals surface area contributed by atoms with E-state index in [1.807, 2.05) is 31.2 Å². The summed E-state index contributed by atoms with van der Waals surface area (Å²) < 4.78 is 0. The molecule has 2 N–H and O–H groups in total. The maximum absolute atomic E-state index is 11.6. The molecule has 92 valence electrons. The predicted octanol–water partition coefficient (Wildman–Crippen LogP) is 1.99. The fraction of sp³-hybridized carbons (Fsp3) is 0.500. The zero-order valence-corrected chi connectivity index (χ0v) is 10.2. The Hall–Kier alpha value is -1.35. The van der Waals surface area contributed by atoms with E-state index in [1.54, 1.807) is 0 Å². The lowest BCUT2D eigenvalue weighted by Crippen LogP contribution is -2.43. The second kappa shape index (κ2) is 4.88. The van der Waals surface area contributed by atoms with E-state index >= 15 is 0 Å². The van der Waals surface area contributed by atoms with Crippen molar-refractivity contribution in [2.75, 3.05) is 13.1 Å². The number of carboxylic acids is 1. The topological polar surface area (TPSA) is 49.3 Å². The molecule has 2 rings (SSSR count). The Labute approximate surface area is 102 Å². The van der Waals surface area contributed by atoms with Crippen LogP contribution >= 0.6 is 0 Å². The lowest BCUT2D eigenvalue weighted by atomic mass is 9.73. The van der Waals surface area contributed by atoms with Gasteiger partial charge in [0.2, 0.25) is 0 Å². The summed E-state index contributed by atoms with van der Waals surface area (Å²) in [5.41, 5.74) is 1.78. The van der Waals surface area contributed by atoms with Gasteiger partial charge in [0.1, 0.15) is 0 Å². The van der Waals surface area contributed by atoms with Gasteiger partial charge in [0.15, 0.2) is 0 Å². The van der Waals surface area contributed by atoms with E-state index in [0.717, 1.165) is 31.5 Å². The summed E-state index contributed by atoms with van der Waals surface area (Å²) in [6.45, 7) is 3.66. The molecule has 0 amide bonds. The van der Waals surface area contributed by atoms with Crippen LogP contribution < -0.4 is 5.32 Å². The molecular formula is C14H19NO2. The number of aryl methyl sites for hydroxylation is 1. The number of aliphatic carboxylic acids is 1. The van der Waals surface area contributed by atoms with Crippen LogP contribution in [0.5, 0.6) is 0 Å². The first kappa shape index (κ1) is 12.1. The molecule has 1 aromatic rings. The minimum Gasteiger partial charge on any atom is -0.481 e. The van der Waals surface area contributed by atoms with Crippen molar-refractivity contribution in [1.82, 2.24) is 5.32 Å². The van der Waals surface area contributed by atoms with Crippen LogP contribution in [-0.4, -0.2) is 24.2 Å². The SMILES string of the molecule is Cc1ccccc1CC1(C(=O)O)CCNCC1. The lowest BCUT2D eigenvalue weighted by Gasteiger charge is -2.34. The number of carbonyl (C=O) groups is 1. The van der Waals surface area contributed by atoms with Crippen molar-refractivity contribution in [3.8, 4) is 0 Å². The van der Waals surface area contributed by atoms with Gasteiger partial charge in [-0.1, -0.05) is 24.3 Å². The second-order valence-electron chi connectivity index (χ2n) is 4.94. The Kier molecular flexibility index (Phi) is 3.48. The van der Waals surface area contributed by atoms with Crippen LogP contribution in [0.3, 0.4) is 0 Å². The number of rotatable bonds is 3. The maximum Gasteiger partial charge on any atom is 0.310 e. The van der Waals surface area contributed by atoms with Crippen molar-refractivity contribution >= 4 is 5.97 Å². The van der Waals surface area contributed by atoms with Crippen LogP contribution in [0.2, 0.25) is 0 Å². The zero-order valence-electron chi connectivity index (χ0n) is 10.2. The Morgan fingerprint density at radius 1 is 1.35 bits per heavy atom. The van der Waals surface area contributed by atoms with E-state index in [0.29, 0.717) is 6.42 Å². The van der Waals surface area contributed by atoms with Crippen LogP contribution in [0.15, 0.2) is 24.3 Å². The first-order valence-electron chi connectivity index (χ1n) is 6.13. The van der Waals surface area contributed by atoms with Gasteiger partial charge in [-0.25, -0.2) is 0 Å². The van der Waals surface area contributed by atoms with Gasteiger partial charge >= 0.3 is 5.97 Å². The van der Waals surface area contributed by atoms with Crippen molar-refractivity contribution in [2.24, 2.45) is 5.41 Å². The summed E-state index contributed by atoms with van der Waals surface area (Å²) in [5, 5.41) is 12.7. The highest BCUT2D eigenvalue weighted by molar-refractivity contribution is 5.75. The van der Waals surface area contributed by atoms with E-state index in [-0.39, 0.29) is 0 Å². The summed E-state index contributed by atoms with van der Waals surface area (Å²) in [6.07, 6.45) is 2.09. The van der Waals surface area contributed by atoms with Crippen LogP contribution in [-0.2, 0) is 11.2 Å². The highest BCUT2D eigenvalue weighted by Crippen LogP contribution is 2.34. The Morgan fingerprint density at radius 3 is 2.59 bits per heavy atom. The molecule has 3 nitrogen and oxygen atoms in total. The quantitative estimate of drug-likeness (QED) is 0.839. The molecule has 0 atom stereocenters. The monoisotopic (exact) mass is 233 g/mol. The van der Waals surface area contributed by atoms with Crippen molar-refractivity contribution in [3.05, 3.63) is 35.4 Å². The van der Waals surface area contributed by atoms with Crippen LogP contribution in [0, 0.1) is 12.3 Å². The van der Waals surface area contributed by atoms with E-state index in [1.165, 1.54) is 5.56 Å². The Morgan fingerprint density at radius 2 is 2.00 bits per heavy atom. The third-order valence-corrected chi connectivity index (χ3v) is 3.80. The number of piperidine rings is 1. The molecule has 1 fully saturated rings. The van der Waals surface area contributed by atoms with Gasteiger partial charge in [-0.2, -0.15) is 0 Å². The van der Waals surface area contributed by atoms with Crippen molar-refractivity contribution in [1.29, 1.82) is 0 Å². The Bertz CT molecular complexity index is 408. The van der Waals surface area contributed by atoms with Gasteiger partial charge in [0.05, 0.1) is 5.41 Å². The Balaban J connectivity index is 2.24. The highest BCUT2D eigenvalue weighted by Gasteiger charge is 2.39. The van der Waals surface area contributed by atoms with Crippen LogP contribution in [0.25, 0.3) is 0 Å². The van der Waals surface area contributed by atoms with E-state index in [9.17, 15) is 9.90 Å². The van der Waals surface area contributed by atoms with E-state index in [2.05, 4.69) is 5.32 Å². The van der Waals surface area contributed by atoms with Crippen molar-refractivity contribution in [3.63, 3.8) is 0 Å². The van der Waals surface area contributed by atoms with Crippen LogP contribution in [0.1, 0.15) is 24.0 Å². The molecule has 0 spiro atoms. The van der Waals surface area contributed by atoms with Gasteiger partial charge < -0.3 is 10.4 Å². The number of hydrogen-bond donors (Lipinski definition) is 2. The normalized spacial score (nSPS) is 18.9. The molecule has 0 radical (unpaired) electrons. The molecule has 0 unspecified atom stereocenters. The van der Waals surface area contributed by atoms with Gasteiger partial charge in [-0.15, -0.1) is 0 Å². The first-order chi connectivity index (χ1) is 8.14. The lowest BCUT2D eigenvalue weighted by molar-refractivity contribution is -0.150. The molecule has 1 heterocycles. The fourth-order valence-corrected chi connectivity index (χ4v) is 2.54. The molecule has 0 aliphatic carbocycles. The second-order valence-corrected chi connectivity index (χ2v) is 4.94. The first-order valence-corrected chi connectivity index (χ1v) is 6.13. The summed E-state index contributed by atoms with van der Waals surface area (Å²) >= 11 is 0. The molecule has 3 heteroatoms. The molecule has 1 saturated heterocycles. The van der Waals surface area contributed by atoms with Crippen molar-refractivity contribution in [2.45, 2.75) is 26.2 Å².